The van der Waals surface area contributed by atoms with Gasteiger partial charge in [-0.25, -0.2) is 0 Å². The molecule has 1 aliphatic rings. The largest absolute Gasteiger partial charge is 0.465 e. The van der Waals surface area contributed by atoms with E-state index in [1.807, 2.05) is 0 Å². The van der Waals surface area contributed by atoms with E-state index in [9.17, 15) is 0 Å². The SMILES string of the molecule is CCN(CCOC)Cc1cc(CNC2CC2)oc1C. The summed E-state index contributed by atoms with van der Waals surface area (Å²) in [6, 6.07) is 2.92. The van der Waals surface area contributed by atoms with Crippen molar-refractivity contribution in [1.82, 2.24) is 10.2 Å². The Morgan fingerprint density at radius 3 is 2.89 bits per heavy atom. The van der Waals surface area contributed by atoms with E-state index in [2.05, 4.69) is 30.1 Å². The number of aryl methyl sites for hydroxylation is 1. The molecule has 1 saturated carbocycles. The Balaban J connectivity index is 1.86. The summed E-state index contributed by atoms with van der Waals surface area (Å²) < 4.78 is 11.0. The molecule has 4 nitrogen and oxygen atoms in total. The van der Waals surface area contributed by atoms with E-state index in [1.54, 1.807) is 7.11 Å². The molecule has 1 aromatic rings. The zero-order valence-electron chi connectivity index (χ0n) is 12.4. The highest BCUT2D eigenvalue weighted by Crippen LogP contribution is 2.21. The van der Waals surface area contributed by atoms with Crippen molar-refractivity contribution in [2.75, 3.05) is 26.8 Å². The van der Waals surface area contributed by atoms with Crippen molar-refractivity contribution < 1.29 is 9.15 Å². The van der Waals surface area contributed by atoms with Crippen LogP contribution in [0.4, 0.5) is 0 Å². The van der Waals surface area contributed by atoms with Gasteiger partial charge in [0.2, 0.25) is 0 Å². The van der Waals surface area contributed by atoms with Crippen LogP contribution in [0.2, 0.25) is 0 Å². The van der Waals surface area contributed by atoms with E-state index < -0.39 is 0 Å². The van der Waals surface area contributed by atoms with Crippen molar-refractivity contribution in [3.8, 4) is 0 Å². The second-order valence-corrected chi connectivity index (χ2v) is 5.31. The van der Waals surface area contributed by atoms with Gasteiger partial charge in [0.05, 0.1) is 13.2 Å². The van der Waals surface area contributed by atoms with Gasteiger partial charge in [-0.2, -0.15) is 0 Å². The van der Waals surface area contributed by atoms with Gasteiger partial charge in [0.1, 0.15) is 11.5 Å². The summed E-state index contributed by atoms with van der Waals surface area (Å²) in [5.74, 6) is 2.10. The van der Waals surface area contributed by atoms with Crippen LogP contribution in [0, 0.1) is 6.92 Å². The topological polar surface area (TPSA) is 37.6 Å². The molecule has 0 aromatic carbocycles. The molecule has 1 fully saturated rings. The standard InChI is InChI=1S/C15H26N2O2/c1-4-17(7-8-18-3)11-13-9-15(19-12(13)2)10-16-14-5-6-14/h9,14,16H,4-8,10-11H2,1-3H3. The predicted molar refractivity (Wildman–Crippen MR) is 76.1 cm³/mol. The first-order valence-corrected chi connectivity index (χ1v) is 7.25. The Kier molecular flexibility index (Phi) is 5.43. The Labute approximate surface area is 116 Å². The Morgan fingerprint density at radius 2 is 2.26 bits per heavy atom. The number of ether oxygens (including phenoxy) is 1. The van der Waals surface area contributed by atoms with Gasteiger partial charge in [-0.15, -0.1) is 0 Å². The number of likely N-dealkylation sites (N-methyl/N-ethyl adjacent to an activating group) is 1. The third kappa shape index (κ3) is 4.64. The Hall–Kier alpha value is -0.840. The molecule has 2 rings (SSSR count). The van der Waals surface area contributed by atoms with Gasteiger partial charge in [0.25, 0.3) is 0 Å². The van der Waals surface area contributed by atoms with E-state index in [4.69, 9.17) is 9.15 Å². The fourth-order valence-corrected chi connectivity index (χ4v) is 2.17. The van der Waals surface area contributed by atoms with E-state index in [-0.39, 0.29) is 0 Å². The maximum absolute atomic E-state index is 5.82. The third-order valence-corrected chi connectivity index (χ3v) is 3.67. The summed E-state index contributed by atoms with van der Waals surface area (Å²) in [5.41, 5.74) is 1.30. The summed E-state index contributed by atoms with van der Waals surface area (Å²) in [7, 11) is 1.75. The number of nitrogens with zero attached hydrogens (tertiary/aromatic N) is 1. The molecular weight excluding hydrogens is 240 g/mol. The molecule has 0 saturated heterocycles. The van der Waals surface area contributed by atoms with E-state index in [0.717, 1.165) is 50.3 Å². The van der Waals surface area contributed by atoms with Gasteiger partial charge in [-0.1, -0.05) is 6.92 Å². The Morgan fingerprint density at radius 1 is 1.47 bits per heavy atom. The minimum absolute atomic E-state index is 0.725. The monoisotopic (exact) mass is 266 g/mol. The highest BCUT2D eigenvalue weighted by Gasteiger charge is 2.21. The number of methoxy groups -OCH3 is 1. The zero-order valence-corrected chi connectivity index (χ0v) is 12.4. The molecule has 1 heterocycles. The number of hydrogen-bond donors (Lipinski definition) is 1. The highest BCUT2D eigenvalue weighted by molar-refractivity contribution is 5.20. The fraction of sp³-hybridized carbons (Fsp3) is 0.733. The molecule has 0 amide bonds. The van der Waals surface area contributed by atoms with Gasteiger partial charge in [0, 0.05) is 31.8 Å². The molecule has 0 aliphatic heterocycles. The minimum Gasteiger partial charge on any atom is -0.465 e. The summed E-state index contributed by atoms with van der Waals surface area (Å²) in [6.45, 7) is 8.81. The molecule has 0 unspecified atom stereocenters. The second-order valence-electron chi connectivity index (χ2n) is 5.31. The number of hydrogen-bond acceptors (Lipinski definition) is 4. The summed E-state index contributed by atoms with van der Waals surface area (Å²) in [6.07, 6.45) is 2.63. The van der Waals surface area contributed by atoms with Gasteiger partial charge in [0.15, 0.2) is 0 Å². The van der Waals surface area contributed by atoms with Crippen molar-refractivity contribution in [3.63, 3.8) is 0 Å². The van der Waals surface area contributed by atoms with Gasteiger partial charge in [-0.05, 0) is 32.4 Å². The second kappa shape index (κ2) is 7.08. The van der Waals surface area contributed by atoms with Crippen LogP contribution in [0.15, 0.2) is 10.5 Å². The molecule has 1 aromatic heterocycles. The molecule has 1 aliphatic carbocycles. The lowest BCUT2D eigenvalue weighted by Gasteiger charge is -2.19. The normalized spacial score (nSPS) is 15.4. The van der Waals surface area contributed by atoms with Crippen molar-refractivity contribution in [2.24, 2.45) is 0 Å². The minimum atomic E-state index is 0.725. The predicted octanol–water partition coefficient (Wildman–Crippen LogP) is 2.31. The summed E-state index contributed by atoms with van der Waals surface area (Å²) in [5, 5.41) is 3.49. The van der Waals surface area contributed by atoms with Gasteiger partial charge in [-0.3, -0.25) is 4.90 Å². The molecule has 0 spiro atoms. The first-order chi connectivity index (χ1) is 9.22. The average Bonchev–Trinajstić information content (AvgIpc) is 3.17. The lowest BCUT2D eigenvalue weighted by Crippen LogP contribution is -2.26. The van der Waals surface area contributed by atoms with Crippen LogP contribution in [0.25, 0.3) is 0 Å². The van der Waals surface area contributed by atoms with Crippen LogP contribution < -0.4 is 5.32 Å². The Bertz CT molecular complexity index is 385. The van der Waals surface area contributed by atoms with Crippen LogP contribution in [0.1, 0.15) is 36.8 Å². The third-order valence-electron chi connectivity index (χ3n) is 3.67. The summed E-state index contributed by atoms with van der Waals surface area (Å²) >= 11 is 0. The number of furan rings is 1. The van der Waals surface area contributed by atoms with Crippen LogP contribution in [0.5, 0.6) is 0 Å². The smallest absolute Gasteiger partial charge is 0.118 e. The van der Waals surface area contributed by atoms with E-state index in [1.165, 1.54) is 18.4 Å². The first-order valence-electron chi connectivity index (χ1n) is 7.25. The van der Waals surface area contributed by atoms with E-state index in [0.29, 0.717) is 0 Å². The molecular formula is C15H26N2O2. The van der Waals surface area contributed by atoms with Crippen LogP contribution in [0.3, 0.4) is 0 Å². The quantitative estimate of drug-likeness (QED) is 0.744. The van der Waals surface area contributed by atoms with Crippen LogP contribution in [-0.4, -0.2) is 37.7 Å². The van der Waals surface area contributed by atoms with Crippen molar-refractivity contribution in [3.05, 3.63) is 23.2 Å². The molecule has 0 radical (unpaired) electrons. The van der Waals surface area contributed by atoms with Crippen LogP contribution >= 0.6 is 0 Å². The van der Waals surface area contributed by atoms with Gasteiger partial charge < -0.3 is 14.5 Å². The molecule has 0 bridgehead atoms. The van der Waals surface area contributed by atoms with Crippen molar-refractivity contribution >= 4 is 0 Å². The molecule has 0 atom stereocenters. The van der Waals surface area contributed by atoms with Crippen LogP contribution in [-0.2, 0) is 17.8 Å². The van der Waals surface area contributed by atoms with Crippen molar-refractivity contribution in [1.29, 1.82) is 0 Å². The average molecular weight is 266 g/mol. The molecule has 108 valence electrons. The van der Waals surface area contributed by atoms with Crippen molar-refractivity contribution in [2.45, 2.75) is 45.8 Å². The lowest BCUT2D eigenvalue weighted by atomic mass is 10.2. The maximum atomic E-state index is 5.82. The lowest BCUT2D eigenvalue weighted by molar-refractivity contribution is 0.147. The van der Waals surface area contributed by atoms with Gasteiger partial charge >= 0.3 is 0 Å². The maximum Gasteiger partial charge on any atom is 0.118 e. The zero-order chi connectivity index (χ0) is 13.7. The highest BCUT2D eigenvalue weighted by atomic mass is 16.5. The summed E-state index contributed by atoms with van der Waals surface area (Å²) in [4.78, 5) is 2.37. The molecule has 4 heteroatoms. The number of nitrogens with one attached hydrogen (secondary N) is 1. The first kappa shape index (κ1) is 14.6. The fourth-order valence-electron chi connectivity index (χ4n) is 2.17. The molecule has 19 heavy (non-hydrogen) atoms. The number of rotatable bonds is 9. The molecule has 1 N–H and O–H groups in total. The van der Waals surface area contributed by atoms with E-state index >= 15 is 0 Å².